The van der Waals surface area contributed by atoms with E-state index in [0.717, 1.165) is 49.5 Å². The molecule has 1 aromatic rings. The van der Waals surface area contributed by atoms with Gasteiger partial charge in [0.1, 0.15) is 0 Å². The van der Waals surface area contributed by atoms with Crippen LogP contribution in [-0.2, 0) is 9.53 Å². The molecular weight excluding hydrogens is 335 g/mol. The SMILES string of the molecule is Cl.O=C(C1CC2CCC1O2)N1CCNCC1c1cccc(Cl)c1. The minimum Gasteiger partial charge on any atom is -0.374 e. The number of carbonyl (C=O) groups is 1. The minimum atomic E-state index is 0. The number of halogens is 2. The molecule has 0 radical (unpaired) electrons. The van der Waals surface area contributed by atoms with E-state index in [1.165, 1.54) is 0 Å². The Labute approximate surface area is 147 Å². The fraction of sp³-hybridized carbons (Fsp3) is 0.588. The number of nitrogens with one attached hydrogen (secondary N) is 1. The van der Waals surface area contributed by atoms with Gasteiger partial charge in [0, 0.05) is 24.7 Å². The Balaban J connectivity index is 0.00000156. The number of piperazine rings is 1. The summed E-state index contributed by atoms with van der Waals surface area (Å²) < 4.78 is 5.87. The molecule has 1 amide bonds. The van der Waals surface area contributed by atoms with Crippen molar-refractivity contribution in [3.63, 3.8) is 0 Å². The highest BCUT2D eigenvalue weighted by molar-refractivity contribution is 6.30. The summed E-state index contributed by atoms with van der Waals surface area (Å²) in [7, 11) is 0. The van der Waals surface area contributed by atoms with Gasteiger partial charge in [-0.3, -0.25) is 4.79 Å². The topological polar surface area (TPSA) is 41.6 Å². The van der Waals surface area contributed by atoms with Gasteiger partial charge in [-0.2, -0.15) is 0 Å². The summed E-state index contributed by atoms with van der Waals surface area (Å²) in [6.45, 7) is 2.39. The molecule has 0 saturated carbocycles. The number of hydrogen-bond donors (Lipinski definition) is 1. The van der Waals surface area contributed by atoms with Gasteiger partial charge in [0.05, 0.1) is 24.2 Å². The molecule has 23 heavy (non-hydrogen) atoms. The second kappa shape index (κ2) is 6.98. The Hall–Kier alpha value is -0.810. The first kappa shape index (κ1) is 17.0. The van der Waals surface area contributed by atoms with E-state index in [4.69, 9.17) is 16.3 Å². The number of amides is 1. The number of hydrogen-bond acceptors (Lipinski definition) is 3. The first-order chi connectivity index (χ1) is 10.7. The summed E-state index contributed by atoms with van der Waals surface area (Å²) in [4.78, 5) is 15.1. The number of benzene rings is 1. The van der Waals surface area contributed by atoms with Crippen molar-refractivity contribution in [3.05, 3.63) is 34.9 Å². The Morgan fingerprint density at radius 1 is 1.35 bits per heavy atom. The van der Waals surface area contributed by atoms with Gasteiger partial charge in [-0.25, -0.2) is 0 Å². The van der Waals surface area contributed by atoms with Gasteiger partial charge < -0.3 is 15.0 Å². The molecule has 6 heteroatoms. The van der Waals surface area contributed by atoms with Crippen molar-refractivity contribution in [2.45, 2.75) is 37.5 Å². The summed E-state index contributed by atoms with van der Waals surface area (Å²) in [6, 6.07) is 7.92. The molecule has 3 aliphatic heterocycles. The highest BCUT2D eigenvalue weighted by atomic mass is 35.5. The number of rotatable bonds is 2. The lowest BCUT2D eigenvalue weighted by atomic mass is 9.87. The van der Waals surface area contributed by atoms with E-state index in [2.05, 4.69) is 11.4 Å². The Bertz CT molecular complexity index is 583. The maximum atomic E-state index is 13.0. The van der Waals surface area contributed by atoms with Crippen molar-refractivity contribution in [1.82, 2.24) is 10.2 Å². The number of ether oxygens (including phenoxy) is 1. The zero-order valence-electron chi connectivity index (χ0n) is 12.9. The quantitative estimate of drug-likeness (QED) is 0.885. The van der Waals surface area contributed by atoms with Gasteiger partial charge >= 0.3 is 0 Å². The third-order valence-corrected chi connectivity index (χ3v) is 5.42. The average molecular weight is 357 g/mol. The summed E-state index contributed by atoms with van der Waals surface area (Å²) in [5, 5.41) is 4.12. The zero-order valence-corrected chi connectivity index (χ0v) is 14.5. The Morgan fingerprint density at radius 2 is 2.22 bits per heavy atom. The van der Waals surface area contributed by atoms with Crippen molar-refractivity contribution in [2.24, 2.45) is 5.92 Å². The Morgan fingerprint density at radius 3 is 2.91 bits per heavy atom. The third-order valence-electron chi connectivity index (χ3n) is 5.18. The van der Waals surface area contributed by atoms with E-state index < -0.39 is 0 Å². The second-order valence-corrected chi connectivity index (χ2v) is 6.96. The standard InChI is InChI=1S/C17H21ClN2O2.ClH/c18-12-3-1-2-11(8-12)15-10-19-6-7-20(15)17(21)14-9-13-4-5-16(14)22-13;/h1-3,8,13-16,19H,4-7,9-10H2;1H. The van der Waals surface area contributed by atoms with Crippen LogP contribution in [0.3, 0.4) is 0 Å². The molecule has 3 saturated heterocycles. The lowest BCUT2D eigenvalue weighted by molar-refractivity contribution is -0.140. The fourth-order valence-electron chi connectivity index (χ4n) is 4.09. The van der Waals surface area contributed by atoms with Gasteiger partial charge in [-0.1, -0.05) is 23.7 Å². The van der Waals surface area contributed by atoms with Crippen LogP contribution in [0, 0.1) is 5.92 Å². The van der Waals surface area contributed by atoms with Crippen LogP contribution in [0.2, 0.25) is 5.02 Å². The average Bonchev–Trinajstić information content (AvgIpc) is 3.17. The van der Waals surface area contributed by atoms with Crippen LogP contribution in [-0.4, -0.2) is 42.6 Å². The minimum absolute atomic E-state index is 0. The molecule has 126 valence electrons. The van der Waals surface area contributed by atoms with Crippen LogP contribution in [0.4, 0.5) is 0 Å². The van der Waals surface area contributed by atoms with Crippen molar-refractivity contribution in [3.8, 4) is 0 Å². The molecule has 1 aromatic carbocycles. The molecule has 0 spiro atoms. The lowest BCUT2D eigenvalue weighted by Gasteiger charge is -2.39. The fourth-order valence-corrected chi connectivity index (χ4v) is 4.29. The summed E-state index contributed by atoms with van der Waals surface area (Å²) in [5.41, 5.74) is 1.11. The molecule has 2 bridgehead atoms. The molecule has 1 N–H and O–H groups in total. The number of fused-ring (bicyclic) bond motifs is 2. The van der Waals surface area contributed by atoms with Crippen LogP contribution in [0.5, 0.6) is 0 Å². The van der Waals surface area contributed by atoms with Crippen LogP contribution in [0.25, 0.3) is 0 Å². The van der Waals surface area contributed by atoms with E-state index in [1.807, 2.05) is 23.1 Å². The third kappa shape index (κ3) is 3.22. The molecule has 0 aliphatic carbocycles. The first-order valence-electron chi connectivity index (χ1n) is 8.14. The normalized spacial score (nSPS) is 32.7. The van der Waals surface area contributed by atoms with Crippen molar-refractivity contribution in [1.29, 1.82) is 0 Å². The van der Waals surface area contributed by atoms with Crippen LogP contribution >= 0.6 is 24.0 Å². The van der Waals surface area contributed by atoms with Gasteiger partial charge in [-0.15, -0.1) is 12.4 Å². The summed E-state index contributed by atoms with van der Waals surface area (Å²) >= 11 is 6.13. The van der Waals surface area contributed by atoms with Crippen molar-refractivity contribution in [2.75, 3.05) is 19.6 Å². The van der Waals surface area contributed by atoms with E-state index in [-0.39, 0.29) is 36.4 Å². The van der Waals surface area contributed by atoms with E-state index in [1.54, 1.807) is 0 Å². The summed E-state index contributed by atoms with van der Waals surface area (Å²) in [5.74, 6) is 0.317. The molecule has 3 aliphatic rings. The van der Waals surface area contributed by atoms with Gasteiger partial charge in [0.25, 0.3) is 0 Å². The number of carbonyl (C=O) groups excluding carboxylic acids is 1. The number of nitrogens with zero attached hydrogens (tertiary/aromatic N) is 1. The molecule has 3 fully saturated rings. The molecule has 4 unspecified atom stereocenters. The monoisotopic (exact) mass is 356 g/mol. The summed E-state index contributed by atoms with van der Waals surface area (Å²) in [6.07, 6.45) is 3.51. The molecule has 3 heterocycles. The highest BCUT2D eigenvalue weighted by Gasteiger charge is 2.46. The van der Waals surface area contributed by atoms with Crippen LogP contribution in [0.15, 0.2) is 24.3 Å². The largest absolute Gasteiger partial charge is 0.374 e. The second-order valence-electron chi connectivity index (χ2n) is 6.52. The molecule has 4 nitrogen and oxygen atoms in total. The predicted molar refractivity (Wildman–Crippen MR) is 92.0 cm³/mol. The van der Waals surface area contributed by atoms with E-state index in [9.17, 15) is 4.79 Å². The van der Waals surface area contributed by atoms with Crippen LogP contribution < -0.4 is 5.32 Å². The van der Waals surface area contributed by atoms with Gasteiger partial charge in [0.2, 0.25) is 5.91 Å². The van der Waals surface area contributed by atoms with E-state index >= 15 is 0 Å². The predicted octanol–water partition coefficient (Wildman–Crippen LogP) is 2.80. The first-order valence-corrected chi connectivity index (χ1v) is 8.52. The lowest BCUT2D eigenvalue weighted by Crippen LogP contribution is -2.51. The molecule has 0 aromatic heterocycles. The molecular formula is C17H22Cl2N2O2. The highest BCUT2D eigenvalue weighted by Crippen LogP contribution is 2.40. The maximum Gasteiger partial charge on any atom is 0.229 e. The molecule has 4 atom stereocenters. The smallest absolute Gasteiger partial charge is 0.229 e. The van der Waals surface area contributed by atoms with E-state index in [0.29, 0.717) is 6.10 Å². The van der Waals surface area contributed by atoms with Crippen molar-refractivity contribution >= 4 is 29.9 Å². The van der Waals surface area contributed by atoms with Gasteiger partial charge in [-0.05, 0) is 37.0 Å². The molecule has 4 rings (SSSR count). The maximum absolute atomic E-state index is 13.0. The van der Waals surface area contributed by atoms with Crippen LogP contribution in [0.1, 0.15) is 30.9 Å². The zero-order chi connectivity index (χ0) is 15.1. The Kier molecular flexibility index (Phi) is 5.16. The van der Waals surface area contributed by atoms with Gasteiger partial charge in [0.15, 0.2) is 0 Å². The van der Waals surface area contributed by atoms with Crippen molar-refractivity contribution < 1.29 is 9.53 Å².